The topological polar surface area (TPSA) is 0 Å². The van der Waals surface area contributed by atoms with Gasteiger partial charge in [0.1, 0.15) is 0 Å². The first-order valence-electron chi connectivity index (χ1n) is 11.7. The number of hydrogen-bond acceptors (Lipinski definition) is 0. The molecule has 0 heterocycles. The van der Waals surface area contributed by atoms with Crippen LogP contribution in [0.2, 0.25) is 0 Å². The van der Waals surface area contributed by atoms with Gasteiger partial charge in [0.15, 0.2) is 0 Å². The second-order valence-corrected chi connectivity index (χ2v) is 11.9. The highest BCUT2D eigenvalue weighted by atomic mass is 35.5. The number of rotatable bonds is 0. The third-order valence-electron chi connectivity index (χ3n) is 6.28. The molecular formula is C32H30Cl2. The van der Waals surface area contributed by atoms with Gasteiger partial charge >= 0.3 is 0 Å². The lowest BCUT2D eigenvalue weighted by Crippen LogP contribution is -2.14. The Bertz CT molecular complexity index is 1250. The molecule has 2 atom stereocenters. The smallest absolute Gasteiger partial charge is 0.0802 e. The zero-order valence-electron chi connectivity index (χ0n) is 20.7. The lowest BCUT2D eigenvalue weighted by molar-refractivity contribution is 0.587. The van der Waals surface area contributed by atoms with Crippen molar-refractivity contribution in [2.45, 2.75) is 63.1 Å². The van der Waals surface area contributed by atoms with Crippen molar-refractivity contribution in [3.63, 3.8) is 0 Å². The summed E-state index contributed by atoms with van der Waals surface area (Å²) in [6.07, 6.45) is 0. The van der Waals surface area contributed by atoms with E-state index in [4.69, 9.17) is 23.2 Å². The Balaban J connectivity index is 2.02. The van der Waals surface area contributed by atoms with Gasteiger partial charge in [0, 0.05) is 22.3 Å². The summed E-state index contributed by atoms with van der Waals surface area (Å²) in [4.78, 5) is 0. The quantitative estimate of drug-likeness (QED) is 0.221. The first-order valence-corrected chi connectivity index (χ1v) is 12.5. The molecule has 34 heavy (non-hydrogen) atoms. The second-order valence-electron chi connectivity index (χ2n) is 11.0. The summed E-state index contributed by atoms with van der Waals surface area (Å²) in [7, 11) is 0. The van der Waals surface area contributed by atoms with Gasteiger partial charge in [-0.3, -0.25) is 0 Å². The first kappa shape index (κ1) is 24.5. The average molecular weight is 485 g/mol. The van der Waals surface area contributed by atoms with E-state index in [0.717, 1.165) is 33.4 Å². The van der Waals surface area contributed by atoms with E-state index in [1.807, 2.05) is 24.3 Å². The van der Waals surface area contributed by atoms with Gasteiger partial charge in [0.05, 0.1) is 10.8 Å². The summed E-state index contributed by atoms with van der Waals surface area (Å²) < 4.78 is 0. The molecule has 4 rings (SSSR count). The van der Waals surface area contributed by atoms with E-state index in [9.17, 15) is 0 Å². The Hall–Kier alpha value is -2.64. The van der Waals surface area contributed by atoms with Crippen LogP contribution in [-0.4, -0.2) is 0 Å². The largest absolute Gasteiger partial charge is 0.116 e. The summed E-state index contributed by atoms with van der Waals surface area (Å²) in [5.41, 5.74) is 7.91. The summed E-state index contributed by atoms with van der Waals surface area (Å²) in [6.45, 7) is 13.2. The molecule has 0 radical (unpaired) electrons. The van der Waals surface area contributed by atoms with Crippen LogP contribution < -0.4 is 0 Å². The minimum Gasteiger partial charge on any atom is -0.116 e. The molecular weight excluding hydrogens is 455 g/mol. The molecule has 0 fully saturated rings. The van der Waals surface area contributed by atoms with E-state index in [0.29, 0.717) is 0 Å². The predicted molar refractivity (Wildman–Crippen MR) is 146 cm³/mol. The van der Waals surface area contributed by atoms with Gasteiger partial charge in [-0.15, -0.1) is 23.2 Å². The highest BCUT2D eigenvalue weighted by molar-refractivity contribution is 6.30. The van der Waals surface area contributed by atoms with E-state index in [1.165, 1.54) is 11.1 Å². The molecule has 1 aliphatic rings. The molecule has 172 valence electrons. The molecule has 0 aliphatic heterocycles. The van der Waals surface area contributed by atoms with Gasteiger partial charge in [-0.2, -0.15) is 0 Å². The summed E-state index contributed by atoms with van der Waals surface area (Å²) in [5, 5.41) is -0.919. The van der Waals surface area contributed by atoms with Gasteiger partial charge in [0.25, 0.3) is 0 Å². The summed E-state index contributed by atoms with van der Waals surface area (Å²) >= 11 is 14.3. The molecule has 2 heteroatoms. The zero-order chi connectivity index (χ0) is 24.7. The Kier molecular flexibility index (Phi) is 6.62. The zero-order valence-corrected chi connectivity index (χ0v) is 22.2. The number of halogens is 2. The van der Waals surface area contributed by atoms with Crippen LogP contribution in [0.25, 0.3) is 0 Å². The van der Waals surface area contributed by atoms with Crippen molar-refractivity contribution < 1.29 is 0 Å². The Labute approximate surface area is 214 Å². The number of hydrogen-bond donors (Lipinski definition) is 0. The van der Waals surface area contributed by atoms with Crippen LogP contribution >= 0.6 is 23.2 Å². The van der Waals surface area contributed by atoms with Gasteiger partial charge < -0.3 is 0 Å². The second kappa shape index (κ2) is 9.19. The van der Waals surface area contributed by atoms with Crippen molar-refractivity contribution in [3.8, 4) is 23.7 Å². The maximum atomic E-state index is 7.16. The Morgan fingerprint density at radius 1 is 0.529 bits per heavy atom. The molecule has 0 unspecified atom stereocenters. The first-order chi connectivity index (χ1) is 15.9. The van der Waals surface area contributed by atoms with Crippen molar-refractivity contribution in [2.75, 3.05) is 0 Å². The molecule has 0 spiro atoms. The normalized spacial score (nSPS) is 17.4. The Morgan fingerprint density at radius 2 is 0.882 bits per heavy atom. The molecule has 3 aromatic carbocycles. The lowest BCUT2D eigenvalue weighted by atomic mass is 9.82. The molecule has 0 aromatic heterocycles. The van der Waals surface area contributed by atoms with E-state index in [2.05, 4.69) is 102 Å². The van der Waals surface area contributed by atoms with Crippen LogP contribution in [-0.2, 0) is 10.8 Å². The van der Waals surface area contributed by atoms with Gasteiger partial charge in [-0.25, -0.2) is 0 Å². The fourth-order valence-electron chi connectivity index (χ4n) is 4.03. The standard InChI is InChI=1S/C32H30Cl2/c1-31(2,3)25-17-15-23-13-11-21-9-7-8-10-22(21)12-14-24-16-18-26(32(4,5)6)20-28(24)30(34)29(33)27(23)19-25/h7-10,15-20,29-30H,1-6H3/t29-,30+. The van der Waals surface area contributed by atoms with Crippen LogP contribution in [0.1, 0.15) is 96.8 Å². The van der Waals surface area contributed by atoms with E-state index in [-0.39, 0.29) is 10.8 Å². The molecule has 0 saturated carbocycles. The molecule has 0 N–H and O–H groups in total. The maximum Gasteiger partial charge on any atom is 0.0802 e. The number of alkyl halides is 2. The van der Waals surface area contributed by atoms with Crippen LogP contribution in [0.15, 0.2) is 60.7 Å². The minimum atomic E-state index is -0.460. The van der Waals surface area contributed by atoms with Gasteiger partial charge in [0.2, 0.25) is 0 Å². The van der Waals surface area contributed by atoms with Crippen LogP contribution in [0.4, 0.5) is 0 Å². The van der Waals surface area contributed by atoms with Crippen LogP contribution in [0, 0.1) is 23.7 Å². The highest BCUT2D eigenvalue weighted by Crippen LogP contribution is 2.44. The highest BCUT2D eigenvalue weighted by Gasteiger charge is 2.28. The predicted octanol–water partition coefficient (Wildman–Crippen LogP) is 8.65. The third kappa shape index (κ3) is 5.05. The molecule has 0 nitrogen and oxygen atoms in total. The van der Waals surface area contributed by atoms with Crippen molar-refractivity contribution >= 4 is 23.2 Å². The van der Waals surface area contributed by atoms with Crippen molar-refractivity contribution in [1.82, 2.24) is 0 Å². The van der Waals surface area contributed by atoms with E-state index >= 15 is 0 Å². The monoisotopic (exact) mass is 484 g/mol. The molecule has 3 aromatic rings. The Morgan fingerprint density at radius 3 is 1.24 bits per heavy atom. The molecule has 1 aliphatic carbocycles. The summed E-state index contributed by atoms with van der Waals surface area (Å²) in [5.74, 6) is 13.4. The van der Waals surface area contributed by atoms with Crippen LogP contribution in [0.5, 0.6) is 0 Å². The lowest BCUT2D eigenvalue weighted by Gasteiger charge is -2.26. The molecule has 0 saturated heterocycles. The van der Waals surface area contributed by atoms with E-state index in [1.54, 1.807) is 0 Å². The number of benzene rings is 3. The van der Waals surface area contributed by atoms with Crippen molar-refractivity contribution in [1.29, 1.82) is 0 Å². The van der Waals surface area contributed by atoms with Gasteiger partial charge in [-0.1, -0.05) is 102 Å². The fourth-order valence-corrected chi connectivity index (χ4v) is 4.66. The SMILES string of the molecule is CC(C)(C)c1ccc2c(c1)[C@@H](Cl)[C@@H](Cl)c1cc(C(C)(C)C)ccc1C#Cc1ccccc1C#C2. The van der Waals surface area contributed by atoms with Gasteiger partial charge in [-0.05, 0) is 57.3 Å². The van der Waals surface area contributed by atoms with Crippen molar-refractivity contribution in [2.24, 2.45) is 0 Å². The van der Waals surface area contributed by atoms with Crippen molar-refractivity contribution in [3.05, 3.63) is 105 Å². The maximum absolute atomic E-state index is 7.16. The number of fused-ring (bicyclic) bond motifs is 3. The van der Waals surface area contributed by atoms with E-state index < -0.39 is 10.8 Å². The molecule has 0 bridgehead atoms. The minimum absolute atomic E-state index is 0.0139. The third-order valence-corrected chi connectivity index (χ3v) is 7.38. The fraction of sp³-hybridized carbons (Fsp3) is 0.312. The molecule has 0 amide bonds. The average Bonchev–Trinajstić information content (AvgIpc) is 2.79. The summed E-state index contributed by atoms with van der Waals surface area (Å²) in [6, 6.07) is 20.8. The van der Waals surface area contributed by atoms with Crippen LogP contribution in [0.3, 0.4) is 0 Å².